The highest BCUT2D eigenvalue weighted by Gasteiger charge is 2.34. The largest absolute Gasteiger partial charge is 0.497 e. The average molecular weight is 371 g/mol. The van der Waals surface area contributed by atoms with Gasteiger partial charge in [-0.05, 0) is 73.9 Å². The van der Waals surface area contributed by atoms with Crippen molar-refractivity contribution in [2.24, 2.45) is 5.92 Å². The first-order chi connectivity index (χ1) is 12.6. The summed E-state index contributed by atoms with van der Waals surface area (Å²) in [6, 6.07) is 16.0. The Morgan fingerprint density at radius 2 is 1.77 bits per heavy atom. The fourth-order valence-corrected chi connectivity index (χ4v) is 3.42. The van der Waals surface area contributed by atoms with Crippen molar-refractivity contribution in [3.63, 3.8) is 0 Å². The lowest BCUT2D eigenvalue weighted by Crippen LogP contribution is -2.40. The quantitative estimate of drug-likeness (QED) is 0.673. The third-order valence-electron chi connectivity index (χ3n) is 4.75. The highest BCUT2D eigenvalue weighted by molar-refractivity contribution is 7.98. The summed E-state index contributed by atoms with van der Waals surface area (Å²) in [5.74, 6) is 1.43. The van der Waals surface area contributed by atoms with Crippen LogP contribution in [0.15, 0.2) is 53.4 Å². The van der Waals surface area contributed by atoms with E-state index in [0.29, 0.717) is 5.92 Å². The SMILES string of the molecule is COc1ccc(C(NC(C)C(=O)Nc2ccc(SC)cc2)C2CC2)cc1. The molecule has 2 aromatic rings. The van der Waals surface area contributed by atoms with E-state index in [0.717, 1.165) is 11.4 Å². The normalized spacial score (nSPS) is 16.0. The van der Waals surface area contributed by atoms with Crippen LogP contribution in [0.3, 0.4) is 0 Å². The van der Waals surface area contributed by atoms with Crippen LogP contribution in [0.5, 0.6) is 5.75 Å². The van der Waals surface area contributed by atoms with Crippen LogP contribution in [0, 0.1) is 5.92 Å². The fraction of sp³-hybridized carbons (Fsp3) is 0.381. The lowest BCUT2D eigenvalue weighted by atomic mass is 10.0. The van der Waals surface area contributed by atoms with Crippen molar-refractivity contribution in [2.45, 2.75) is 36.7 Å². The Morgan fingerprint density at radius 3 is 2.31 bits per heavy atom. The van der Waals surface area contributed by atoms with E-state index in [-0.39, 0.29) is 18.0 Å². The Bertz CT molecular complexity index is 727. The van der Waals surface area contributed by atoms with Gasteiger partial charge in [0.15, 0.2) is 0 Å². The summed E-state index contributed by atoms with van der Waals surface area (Å²) < 4.78 is 5.24. The maximum atomic E-state index is 12.6. The smallest absolute Gasteiger partial charge is 0.241 e. The Labute approximate surface area is 159 Å². The summed E-state index contributed by atoms with van der Waals surface area (Å²) in [7, 11) is 1.67. The predicted molar refractivity (Wildman–Crippen MR) is 108 cm³/mol. The van der Waals surface area contributed by atoms with Crippen LogP contribution in [0.25, 0.3) is 0 Å². The third-order valence-corrected chi connectivity index (χ3v) is 5.49. The maximum Gasteiger partial charge on any atom is 0.241 e. The van der Waals surface area contributed by atoms with E-state index in [2.05, 4.69) is 22.8 Å². The van der Waals surface area contributed by atoms with Gasteiger partial charge in [-0.15, -0.1) is 11.8 Å². The van der Waals surface area contributed by atoms with Gasteiger partial charge < -0.3 is 10.1 Å². The number of carbonyl (C=O) groups excluding carboxylic acids is 1. The molecular formula is C21H26N2O2S. The number of nitrogens with one attached hydrogen (secondary N) is 2. The minimum Gasteiger partial charge on any atom is -0.497 e. The van der Waals surface area contributed by atoms with E-state index in [1.807, 2.05) is 49.6 Å². The number of anilines is 1. The number of hydrogen-bond acceptors (Lipinski definition) is 4. The zero-order valence-electron chi connectivity index (χ0n) is 15.5. The van der Waals surface area contributed by atoms with Crippen molar-refractivity contribution >= 4 is 23.4 Å². The highest BCUT2D eigenvalue weighted by Crippen LogP contribution is 2.41. The average Bonchev–Trinajstić information content (AvgIpc) is 3.51. The molecule has 0 aliphatic heterocycles. The third kappa shape index (κ3) is 4.80. The standard InChI is InChI=1S/C21H26N2O2S/c1-14(21(24)23-17-8-12-19(26-3)13-9-17)22-20(15-4-5-15)16-6-10-18(25-2)11-7-16/h6-15,20,22H,4-5H2,1-3H3,(H,23,24). The van der Waals surface area contributed by atoms with Gasteiger partial charge in [0.2, 0.25) is 5.91 Å². The van der Waals surface area contributed by atoms with Gasteiger partial charge in [0.05, 0.1) is 13.2 Å². The molecule has 0 aromatic heterocycles. The van der Waals surface area contributed by atoms with Gasteiger partial charge in [0, 0.05) is 16.6 Å². The second kappa shape index (κ2) is 8.60. The van der Waals surface area contributed by atoms with Crippen LogP contribution in [0.1, 0.15) is 31.4 Å². The molecule has 2 N–H and O–H groups in total. The Kier molecular flexibility index (Phi) is 6.22. The molecule has 4 nitrogen and oxygen atoms in total. The lowest BCUT2D eigenvalue weighted by Gasteiger charge is -2.23. The van der Waals surface area contributed by atoms with Crippen molar-refractivity contribution in [3.05, 3.63) is 54.1 Å². The van der Waals surface area contributed by atoms with E-state index in [1.165, 1.54) is 23.3 Å². The molecule has 3 rings (SSSR count). The minimum absolute atomic E-state index is 0.0129. The molecule has 0 saturated heterocycles. The summed E-state index contributed by atoms with van der Waals surface area (Å²) in [5, 5.41) is 6.51. The van der Waals surface area contributed by atoms with E-state index >= 15 is 0 Å². The molecule has 5 heteroatoms. The summed E-state index contributed by atoms with van der Waals surface area (Å²) in [4.78, 5) is 13.8. The number of carbonyl (C=O) groups is 1. The van der Waals surface area contributed by atoms with Gasteiger partial charge in [-0.25, -0.2) is 0 Å². The summed E-state index contributed by atoms with van der Waals surface area (Å²) >= 11 is 1.69. The molecular weight excluding hydrogens is 344 g/mol. The second-order valence-corrected chi connectivity index (χ2v) is 7.57. The molecule has 1 amide bonds. The van der Waals surface area contributed by atoms with Crippen molar-refractivity contribution < 1.29 is 9.53 Å². The number of rotatable bonds is 8. The molecule has 26 heavy (non-hydrogen) atoms. The van der Waals surface area contributed by atoms with Crippen LogP contribution in [0.2, 0.25) is 0 Å². The van der Waals surface area contributed by atoms with E-state index in [1.54, 1.807) is 18.9 Å². The summed E-state index contributed by atoms with van der Waals surface area (Å²) in [5.41, 5.74) is 2.03. The van der Waals surface area contributed by atoms with Crippen molar-refractivity contribution in [2.75, 3.05) is 18.7 Å². The zero-order chi connectivity index (χ0) is 18.5. The Balaban J connectivity index is 1.63. The van der Waals surface area contributed by atoms with Gasteiger partial charge in [0.25, 0.3) is 0 Å². The van der Waals surface area contributed by atoms with Crippen LogP contribution in [-0.4, -0.2) is 25.3 Å². The molecule has 138 valence electrons. The number of thioether (sulfide) groups is 1. The van der Waals surface area contributed by atoms with E-state index in [4.69, 9.17) is 4.74 Å². The zero-order valence-corrected chi connectivity index (χ0v) is 16.3. The fourth-order valence-electron chi connectivity index (χ4n) is 3.02. The van der Waals surface area contributed by atoms with Crippen LogP contribution >= 0.6 is 11.8 Å². The number of amides is 1. The molecule has 0 radical (unpaired) electrons. The van der Waals surface area contributed by atoms with Gasteiger partial charge in [-0.2, -0.15) is 0 Å². The molecule has 0 spiro atoms. The van der Waals surface area contributed by atoms with Crippen molar-refractivity contribution in [3.8, 4) is 5.75 Å². The summed E-state index contributed by atoms with van der Waals surface area (Å²) in [6.07, 6.45) is 4.44. The second-order valence-electron chi connectivity index (χ2n) is 6.69. The van der Waals surface area contributed by atoms with Gasteiger partial charge >= 0.3 is 0 Å². The van der Waals surface area contributed by atoms with Crippen LogP contribution in [-0.2, 0) is 4.79 Å². The first-order valence-electron chi connectivity index (χ1n) is 8.95. The number of benzene rings is 2. The molecule has 2 unspecified atom stereocenters. The number of methoxy groups -OCH3 is 1. The highest BCUT2D eigenvalue weighted by atomic mass is 32.2. The van der Waals surface area contributed by atoms with Gasteiger partial charge in [-0.1, -0.05) is 12.1 Å². The minimum atomic E-state index is -0.275. The molecule has 1 aliphatic carbocycles. The first kappa shape index (κ1) is 18.8. The van der Waals surface area contributed by atoms with E-state index in [9.17, 15) is 4.79 Å². The Hall–Kier alpha value is -1.98. The molecule has 0 heterocycles. The molecule has 2 atom stereocenters. The Morgan fingerprint density at radius 1 is 1.12 bits per heavy atom. The van der Waals surface area contributed by atoms with Crippen molar-refractivity contribution in [1.29, 1.82) is 0 Å². The molecule has 2 aromatic carbocycles. The van der Waals surface area contributed by atoms with Crippen molar-refractivity contribution in [1.82, 2.24) is 5.32 Å². The first-order valence-corrected chi connectivity index (χ1v) is 10.2. The van der Waals surface area contributed by atoms with Crippen LogP contribution in [0.4, 0.5) is 5.69 Å². The number of hydrogen-bond donors (Lipinski definition) is 2. The molecule has 1 saturated carbocycles. The van der Waals surface area contributed by atoms with Gasteiger partial charge in [-0.3, -0.25) is 10.1 Å². The topological polar surface area (TPSA) is 50.4 Å². The lowest BCUT2D eigenvalue weighted by molar-refractivity contribution is -0.118. The molecule has 0 bridgehead atoms. The number of ether oxygens (including phenoxy) is 1. The molecule has 1 fully saturated rings. The maximum absolute atomic E-state index is 12.6. The van der Waals surface area contributed by atoms with E-state index < -0.39 is 0 Å². The molecule has 1 aliphatic rings. The van der Waals surface area contributed by atoms with Gasteiger partial charge in [0.1, 0.15) is 5.75 Å². The predicted octanol–water partition coefficient (Wildman–Crippen LogP) is 4.49. The monoisotopic (exact) mass is 370 g/mol. The van der Waals surface area contributed by atoms with Crippen LogP contribution < -0.4 is 15.4 Å². The summed E-state index contributed by atoms with van der Waals surface area (Å²) in [6.45, 7) is 1.92.